The minimum Gasteiger partial charge on any atom is -0.298 e. The lowest BCUT2D eigenvalue weighted by molar-refractivity contribution is -0.116. The quantitative estimate of drug-likeness (QED) is 0.708. The van der Waals surface area contributed by atoms with Gasteiger partial charge in [-0.15, -0.1) is 11.6 Å². The molecule has 0 aliphatic heterocycles. The minimum absolute atomic E-state index is 0.0802. The van der Waals surface area contributed by atoms with E-state index >= 15 is 0 Å². The Balaban J connectivity index is 2.46. The second kappa shape index (κ2) is 5.25. The third-order valence-electron chi connectivity index (χ3n) is 1.75. The molecule has 0 saturated carbocycles. The molecule has 0 bridgehead atoms. The Morgan fingerprint density at radius 2 is 1.85 bits per heavy atom. The molecule has 0 aliphatic rings. The van der Waals surface area contributed by atoms with Gasteiger partial charge in [-0.25, -0.2) is 0 Å². The van der Waals surface area contributed by atoms with Crippen LogP contribution in [0.4, 0.5) is 0 Å². The first-order chi connectivity index (χ1) is 6.22. The molecular weight excluding hydrogens is 207 g/mol. The van der Waals surface area contributed by atoms with Crippen LogP contribution in [0.3, 0.4) is 0 Å². The highest BCUT2D eigenvalue weighted by molar-refractivity contribution is 6.30. The number of benzene rings is 1. The molecule has 0 atom stereocenters. The number of carbonyl (C=O) groups excluding carboxylic acids is 1. The van der Waals surface area contributed by atoms with E-state index in [-0.39, 0.29) is 11.7 Å². The van der Waals surface area contributed by atoms with Crippen molar-refractivity contribution in [1.82, 2.24) is 0 Å². The number of alkyl halides is 1. The molecule has 0 aromatic heterocycles. The summed E-state index contributed by atoms with van der Waals surface area (Å²) in [4.78, 5) is 10.9. The van der Waals surface area contributed by atoms with Gasteiger partial charge in [0.15, 0.2) is 0 Å². The highest BCUT2D eigenvalue weighted by Gasteiger charge is 2.00. The monoisotopic (exact) mass is 216 g/mol. The van der Waals surface area contributed by atoms with E-state index in [2.05, 4.69) is 0 Å². The summed E-state index contributed by atoms with van der Waals surface area (Å²) in [7, 11) is 0. The predicted octanol–water partition coefficient (Wildman–Crippen LogP) is 3.08. The molecule has 3 heteroatoms. The van der Waals surface area contributed by atoms with Gasteiger partial charge < -0.3 is 0 Å². The van der Waals surface area contributed by atoms with Crippen LogP contribution in [0.1, 0.15) is 12.0 Å². The molecule has 0 saturated heterocycles. The van der Waals surface area contributed by atoms with Crippen molar-refractivity contribution >= 4 is 29.0 Å². The van der Waals surface area contributed by atoms with Crippen LogP contribution in [0.2, 0.25) is 5.02 Å². The zero-order valence-electron chi connectivity index (χ0n) is 7.09. The Bertz CT molecular complexity index is 279. The van der Waals surface area contributed by atoms with Gasteiger partial charge in [0.1, 0.15) is 5.78 Å². The van der Waals surface area contributed by atoms with E-state index < -0.39 is 0 Å². The summed E-state index contributed by atoms with van der Waals surface area (Å²) in [5.41, 5.74) is 1.11. The molecule has 70 valence electrons. The third kappa shape index (κ3) is 3.79. The Kier molecular flexibility index (Phi) is 4.26. The average molecular weight is 217 g/mol. The zero-order valence-corrected chi connectivity index (χ0v) is 8.61. The molecule has 0 fully saturated rings. The predicted molar refractivity (Wildman–Crippen MR) is 55.5 cm³/mol. The van der Waals surface area contributed by atoms with E-state index in [1.165, 1.54) is 0 Å². The Hall–Kier alpha value is -0.530. The first-order valence-electron chi connectivity index (χ1n) is 4.04. The van der Waals surface area contributed by atoms with Crippen molar-refractivity contribution in [3.63, 3.8) is 0 Å². The number of aryl methyl sites for hydroxylation is 1. The van der Waals surface area contributed by atoms with Crippen molar-refractivity contribution in [3.05, 3.63) is 34.9 Å². The van der Waals surface area contributed by atoms with Crippen molar-refractivity contribution in [1.29, 1.82) is 0 Å². The first-order valence-corrected chi connectivity index (χ1v) is 4.95. The van der Waals surface area contributed by atoms with Crippen molar-refractivity contribution in [2.75, 3.05) is 5.88 Å². The van der Waals surface area contributed by atoms with E-state index in [0.717, 1.165) is 12.0 Å². The second-order valence-electron chi connectivity index (χ2n) is 2.80. The van der Waals surface area contributed by atoms with Gasteiger partial charge in [0, 0.05) is 11.4 Å². The van der Waals surface area contributed by atoms with Crippen molar-refractivity contribution < 1.29 is 4.79 Å². The van der Waals surface area contributed by atoms with E-state index in [9.17, 15) is 4.79 Å². The summed E-state index contributed by atoms with van der Waals surface area (Å²) >= 11 is 11.1. The highest BCUT2D eigenvalue weighted by Crippen LogP contribution is 2.11. The van der Waals surface area contributed by atoms with Gasteiger partial charge >= 0.3 is 0 Å². The van der Waals surface area contributed by atoms with Gasteiger partial charge in [-0.05, 0) is 24.1 Å². The summed E-state index contributed by atoms with van der Waals surface area (Å²) in [5, 5.41) is 0.715. The van der Waals surface area contributed by atoms with Crippen LogP contribution in [0.5, 0.6) is 0 Å². The van der Waals surface area contributed by atoms with Crippen molar-refractivity contribution in [3.8, 4) is 0 Å². The van der Waals surface area contributed by atoms with Crippen molar-refractivity contribution in [2.45, 2.75) is 12.8 Å². The molecule has 0 radical (unpaired) electrons. The molecule has 0 N–H and O–H groups in total. The summed E-state index contributed by atoms with van der Waals surface area (Å²) in [6, 6.07) is 7.48. The molecule has 0 heterocycles. The molecule has 0 amide bonds. The maximum atomic E-state index is 10.9. The van der Waals surface area contributed by atoms with Gasteiger partial charge in [-0.1, -0.05) is 23.7 Å². The Morgan fingerprint density at radius 3 is 2.38 bits per heavy atom. The average Bonchev–Trinajstić information content (AvgIpc) is 2.16. The number of hydrogen-bond acceptors (Lipinski definition) is 1. The molecule has 1 aromatic carbocycles. The van der Waals surface area contributed by atoms with Crippen LogP contribution < -0.4 is 0 Å². The SMILES string of the molecule is O=C(CCl)CCc1ccc(Cl)cc1. The smallest absolute Gasteiger partial charge is 0.147 e. The fraction of sp³-hybridized carbons (Fsp3) is 0.300. The fourth-order valence-corrected chi connectivity index (χ4v) is 1.26. The van der Waals surface area contributed by atoms with Gasteiger partial charge in [-0.2, -0.15) is 0 Å². The number of hydrogen-bond donors (Lipinski definition) is 0. The zero-order chi connectivity index (χ0) is 9.68. The van der Waals surface area contributed by atoms with Gasteiger partial charge in [0.05, 0.1) is 5.88 Å². The minimum atomic E-state index is 0.0802. The van der Waals surface area contributed by atoms with Gasteiger partial charge in [0.2, 0.25) is 0 Å². The normalized spacial score (nSPS) is 10.0. The fourth-order valence-electron chi connectivity index (χ4n) is 1.00. The molecule has 1 rings (SSSR count). The maximum Gasteiger partial charge on any atom is 0.147 e. The van der Waals surface area contributed by atoms with E-state index in [1.807, 2.05) is 24.3 Å². The van der Waals surface area contributed by atoms with Crippen molar-refractivity contribution in [2.24, 2.45) is 0 Å². The van der Waals surface area contributed by atoms with Crippen LogP contribution in [0, 0.1) is 0 Å². The summed E-state index contributed by atoms with van der Waals surface area (Å²) in [5.74, 6) is 0.185. The lowest BCUT2D eigenvalue weighted by Gasteiger charge is -1.99. The third-order valence-corrected chi connectivity index (χ3v) is 2.30. The van der Waals surface area contributed by atoms with Gasteiger partial charge in [-0.3, -0.25) is 4.79 Å². The van der Waals surface area contributed by atoms with Gasteiger partial charge in [0.25, 0.3) is 0 Å². The number of carbonyl (C=O) groups is 1. The molecule has 1 nitrogen and oxygen atoms in total. The van der Waals surface area contributed by atoms with Crippen LogP contribution in [-0.4, -0.2) is 11.7 Å². The first kappa shape index (κ1) is 10.6. The summed E-state index contributed by atoms with van der Waals surface area (Å²) < 4.78 is 0. The highest BCUT2D eigenvalue weighted by atomic mass is 35.5. The summed E-state index contributed by atoms with van der Waals surface area (Å²) in [6.07, 6.45) is 1.24. The largest absolute Gasteiger partial charge is 0.298 e. The Labute approximate surface area is 87.7 Å². The lowest BCUT2D eigenvalue weighted by atomic mass is 10.1. The van der Waals surface area contributed by atoms with E-state index in [0.29, 0.717) is 11.4 Å². The van der Waals surface area contributed by atoms with Crippen LogP contribution >= 0.6 is 23.2 Å². The topological polar surface area (TPSA) is 17.1 Å². The molecule has 0 aliphatic carbocycles. The number of Topliss-reactive ketones (excluding diaryl/α,β-unsaturated/α-hetero) is 1. The number of halogens is 2. The number of rotatable bonds is 4. The van der Waals surface area contributed by atoms with Crippen LogP contribution in [0.15, 0.2) is 24.3 Å². The van der Waals surface area contributed by atoms with E-state index in [4.69, 9.17) is 23.2 Å². The maximum absolute atomic E-state index is 10.9. The molecule has 13 heavy (non-hydrogen) atoms. The lowest BCUT2D eigenvalue weighted by Crippen LogP contribution is -2.00. The van der Waals surface area contributed by atoms with Crippen LogP contribution in [-0.2, 0) is 11.2 Å². The molecule has 1 aromatic rings. The molecule has 0 spiro atoms. The standard InChI is InChI=1S/C10H10Cl2O/c11-7-10(13)6-3-8-1-4-9(12)5-2-8/h1-2,4-5H,3,6-7H2. The summed E-state index contributed by atoms with van der Waals surface area (Å²) in [6.45, 7) is 0. The van der Waals surface area contributed by atoms with E-state index in [1.54, 1.807) is 0 Å². The molecular formula is C10H10Cl2O. The number of ketones is 1. The second-order valence-corrected chi connectivity index (χ2v) is 3.50. The van der Waals surface area contributed by atoms with Crippen LogP contribution in [0.25, 0.3) is 0 Å². The Morgan fingerprint density at radius 1 is 1.23 bits per heavy atom. The molecule has 0 unspecified atom stereocenters.